The van der Waals surface area contributed by atoms with Crippen LogP contribution in [0.2, 0.25) is 0 Å². The first-order valence-electron chi connectivity index (χ1n) is 5.68. The van der Waals surface area contributed by atoms with E-state index in [1.165, 1.54) is 19.6 Å². The summed E-state index contributed by atoms with van der Waals surface area (Å²) in [4.78, 5) is 2.54. The van der Waals surface area contributed by atoms with Crippen LogP contribution in [0.3, 0.4) is 0 Å². The first-order valence-corrected chi connectivity index (χ1v) is 5.68. The van der Waals surface area contributed by atoms with Crippen LogP contribution in [0.1, 0.15) is 20.3 Å². The van der Waals surface area contributed by atoms with Gasteiger partial charge in [-0.3, -0.25) is 0 Å². The van der Waals surface area contributed by atoms with E-state index in [9.17, 15) is 0 Å². The lowest BCUT2D eigenvalue weighted by molar-refractivity contribution is 0.143. The van der Waals surface area contributed by atoms with Crippen LogP contribution in [0.15, 0.2) is 0 Å². The predicted octanol–water partition coefficient (Wildman–Crippen LogP) is 0.953. The lowest BCUT2D eigenvalue weighted by atomic mass is 10.0. The van der Waals surface area contributed by atoms with E-state index in [2.05, 4.69) is 24.1 Å². The van der Waals surface area contributed by atoms with Gasteiger partial charge in [0.15, 0.2) is 0 Å². The molecule has 0 radical (unpaired) electrons. The molecule has 1 fully saturated rings. The minimum Gasteiger partial charge on any atom is -0.385 e. The van der Waals surface area contributed by atoms with E-state index in [1.807, 2.05) is 0 Å². The summed E-state index contributed by atoms with van der Waals surface area (Å²) in [7, 11) is 1.77. The van der Waals surface area contributed by atoms with Gasteiger partial charge in [0.05, 0.1) is 0 Å². The summed E-state index contributed by atoms with van der Waals surface area (Å²) in [6, 6.07) is 0.672. The molecule has 1 atom stereocenters. The number of piperazine rings is 1. The monoisotopic (exact) mass is 200 g/mol. The number of nitrogens with zero attached hydrogens (tertiary/aromatic N) is 1. The number of methoxy groups -OCH3 is 1. The Bertz CT molecular complexity index is 150. The van der Waals surface area contributed by atoms with Gasteiger partial charge in [-0.25, -0.2) is 0 Å². The number of nitrogens with one attached hydrogen (secondary N) is 1. The van der Waals surface area contributed by atoms with Crippen LogP contribution in [-0.2, 0) is 4.74 Å². The highest BCUT2D eigenvalue weighted by Gasteiger charge is 2.20. The van der Waals surface area contributed by atoms with Crippen molar-refractivity contribution >= 4 is 0 Å². The maximum atomic E-state index is 5.06. The highest BCUT2D eigenvalue weighted by molar-refractivity contribution is 4.80. The lowest BCUT2D eigenvalue weighted by Gasteiger charge is -2.35. The quantitative estimate of drug-likeness (QED) is 0.669. The smallest absolute Gasteiger partial charge is 0.0474 e. The Labute approximate surface area is 87.8 Å². The van der Waals surface area contributed by atoms with Crippen molar-refractivity contribution < 1.29 is 4.74 Å². The van der Waals surface area contributed by atoms with Crippen LogP contribution < -0.4 is 5.32 Å². The molecule has 1 unspecified atom stereocenters. The number of rotatable bonds is 5. The van der Waals surface area contributed by atoms with Crippen LogP contribution in [-0.4, -0.2) is 50.8 Å². The van der Waals surface area contributed by atoms with E-state index in [0.717, 1.165) is 25.5 Å². The molecule has 1 aliphatic heterocycles. The molecule has 0 saturated carbocycles. The molecule has 3 nitrogen and oxygen atoms in total. The van der Waals surface area contributed by atoms with Crippen LogP contribution in [0.5, 0.6) is 0 Å². The summed E-state index contributed by atoms with van der Waals surface area (Å²) >= 11 is 0. The largest absolute Gasteiger partial charge is 0.385 e. The highest BCUT2D eigenvalue weighted by Crippen LogP contribution is 2.08. The Kier molecular flexibility index (Phi) is 5.45. The molecule has 1 N–H and O–H groups in total. The third-order valence-electron chi connectivity index (χ3n) is 2.92. The Balaban J connectivity index is 2.19. The van der Waals surface area contributed by atoms with E-state index in [4.69, 9.17) is 4.74 Å². The Hall–Kier alpha value is -0.120. The van der Waals surface area contributed by atoms with Gasteiger partial charge < -0.3 is 15.0 Å². The van der Waals surface area contributed by atoms with Crippen molar-refractivity contribution in [3.05, 3.63) is 0 Å². The zero-order valence-electron chi connectivity index (χ0n) is 9.75. The summed E-state index contributed by atoms with van der Waals surface area (Å²) in [6.07, 6.45) is 1.15. The predicted molar refractivity (Wildman–Crippen MR) is 59.6 cm³/mol. The molecule has 84 valence electrons. The van der Waals surface area contributed by atoms with Crippen molar-refractivity contribution in [1.82, 2.24) is 10.2 Å². The van der Waals surface area contributed by atoms with Crippen molar-refractivity contribution in [2.75, 3.05) is 39.9 Å². The molecule has 1 aliphatic rings. The molecule has 1 heterocycles. The maximum Gasteiger partial charge on any atom is 0.0474 e. The fourth-order valence-corrected chi connectivity index (χ4v) is 1.92. The third-order valence-corrected chi connectivity index (χ3v) is 2.92. The van der Waals surface area contributed by atoms with Crippen molar-refractivity contribution in [3.63, 3.8) is 0 Å². The Morgan fingerprint density at radius 1 is 1.50 bits per heavy atom. The van der Waals surface area contributed by atoms with Gasteiger partial charge in [-0.2, -0.15) is 0 Å². The SMILES string of the molecule is COCCCN1CCNC(C(C)C)C1. The van der Waals surface area contributed by atoms with Gasteiger partial charge in [0.25, 0.3) is 0 Å². The molecule has 0 aromatic rings. The van der Waals surface area contributed by atoms with Crippen molar-refractivity contribution in [3.8, 4) is 0 Å². The second-order valence-electron chi connectivity index (χ2n) is 4.45. The summed E-state index contributed by atoms with van der Waals surface area (Å²) in [6.45, 7) is 10.2. The molecule has 0 spiro atoms. The van der Waals surface area contributed by atoms with Gasteiger partial charge in [0.1, 0.15) is 0 Å². The zero-order chi connectivity index (χ0) is 10.4. The van der Waals surface area contributed by atoms with Gasteiger partial charge in [-0.15, -0.1) is 0 Å². The summed E-state index contributed by atoms with van der Waals surface area (Å²) < 4.78 is 5.06. The van der Waals surface area contributed by atoms with E-state index in [-0.39, 0.29) is 0 Å². The zero-order valence-corrected chi connectivity index (χ0v) is 9.75. The molecular formula is C11H24N2O. The summed E-state index contributed by atoms with van der Waals surface area (Å²) in [5, 5.41) is 3.57. The fourth-order valence-electron chi connectivity index (χ4n) is 1.92. The third kappa shape index (κ3) is 3.95. The minimum atomic E-state index is 0.672. The van der Waals surface area contributed by atoms with Gasteiger partial charge in [0.2, 0.25) is 0 Å². The number of ether oxygens (including phenoxy) is 1. The fraction of sp³-hybridized carbons (Fsp3) is 1.00. The topological polar surface area (TPSA) is 24.5 Å². The Morgan fingerprint density at radius 2 is 2.29 bits per heavy atom. The molecule has 0 aromatic carbocycles. The standard InChI is InChI=1S/C11H24N2O/c1-10(2)11-9-13(7-5-12-11)6-4-8-14-3/h10-12H,4-9H2,1-3H3. The van der Waals surface area contributed by atoms with Crippen LogP contribution in [0, 0.1) is 5.92 Å². The highest BCUT2D eigenvalue weighted by atomic mass is 16.5. The summed E-state index contributed by atoms with van der Waals surface area (Å²) in [5.41, 5.74) is 0. The van der Waals surface area contributed by atoms with Crippen LogP contribution >= 0.6 is 0 Å². The molecule has 1 rings (SSSR count). The van der Waals surface area contributed by atoms with Gasteiger partial charge in [-0.1, -0.05) is 13.8 Å². The van der Waals surface area contributed by atoms with Gasteiger partial charge in [-0.05, 0) is 12.3 Å². The van der Waals surface area contributed by atoms with E-state index in [0.29, 0.717) is 6.04 Å². The molecule has 0 aromatic heterocycles. The maximum absolute atomic E-state index is 5.06. The van der Waals surface area contributed by atoms with E-state index in [1.54, 1.807) is 7.11 Å². The van der Waals surface area contributed by atoms with E-state index < -0.39 is 0 Å². The second kappa shape index (κ2) is 6.38. The van der Waals surface area contributed by atoms with Gasteiger partial charge in [0, 0.05) is 45.9 Å². The van der Waals surface area contributed by atoms with Crippen LogP contribution in [0.4, 0.5) is 0 Å². The van der Waals surface area contributed by atoms with Crippen molar-refractivity contribution in [2.45, 2.75) is 26.3 Å². The summed E-state index contributed by atoms with van der Waals surface area (Å²) in [5.74, 6) is 0.736. The number of hydrogen-bond donors (Lipinski definition) is 1. The van der Waals surface area contributed by atoms with Crippen molar-refractivity contribution in [1.29, 1.82) is 0 Å². The average Bonchev–Trinajstić information content (AvgIpc) is 2.19. The molecule has 0 aliphatic carbocycles. The normalized spacial score (nSPS) is 24.4. The molecule has 14 heavy (non-hydrogen) atoms. The molecule has 0 amide bonds. The molecular weight excluding hydrogens is 176 g/mol. The molecule has 3 heteroatoms. The average molecular weight is 200 g/mol. The lowest BCUT2D eigenvalue weighted by Crippen LogP contribution is -2.52. The van der Waals surface area contributed by atoms with Crippen molar-refractivity contribution in [2.24, 2.45) is 5.92 Å². The Morgan fingerprint density at radius 3 is 2.93 bits per heavy atom. The minimum absolute atomic E-state index is 0.672. The molecule has 0 bridgehead atoms. The first kappa shape index (κ1) is 12.0. The van der Waals surface area contributed by atoms with Crippen LogP contribution in [0.25, 0.3) is 0 Å². The molecule has 1 saturated heterocycles. The van der Waals surface area contributed by atoms with Gasteiger partial charge >= 0.3 is 0 Å². The van der Waals surface area contributed by atoms with E-state index >= 15 is 0 Å². The number of hydrogen-bond acceptors (Lipinski definition) is 3. The first-order chi connectivity index (χ1) is 6.74. The second-order valence-corrected chi connectivity index (χ2v) is 4.45.